The molecule has 192 valence electrons. The van der Waals surface area contributed by atoms with Crippen LogP contribution in [0.5, 0.6) is 0 Å². The molecule has 2 aliphatic heterocycles. The number of carbonyl (C=O) groups excluding carboxylic acids is 1. The zero-order chi connectivity index (χ0) is 26.0. The number of halogens is 3. The van der Waals surface area contributed by atoms with Gasteiger partial charge in [0, 0.05) is 18.8 Å². The van der Waals surface area contributed by atoms with Gasteiger partial charge in [-0.2, -0.15) is 13.2 Å². The van der Waals surface area contributed by atoms with E-state index in [2.05, 4.69) is 11.8 Å². The fourth-order valence-corrected chi connectivity index (χ4v) is 4.48. The van der Waals surface area contributed by atoms with Crippen LogP contribution in [0.25, 0.3) is 0 Å². The number of carbonyl (C=O) groups is 1. The minimum Gasteiger partial charge on any atom is -0.445 e. The fraction of sp³-hybridized carbons (Fsp3) is 0.444. The van der Waals surface area contributed by atoms with E-state index < -0.39 is 30.3 Å². The molecule has 0 aliphatic carbocycles. The van der Waals surface area contributed by atoms with Crippen LogP contribution in [0.3, 0.4) is 0 Å². The first-order valence-electron chi connectivity index (χ1n) is 11.7. The third-order valence-corrected chi connectivity index (χ3v) is 6.32. The lowest BCUT2D eigenvalue weighted by molar-refractivity contribution is -0.289. The van der Waals surface area contributed by atoms with Crippen molar-refractivity contribution >= 4 is 11.8 Å². The molecule has 4 rings (SSSR count). The zero-order valence-electron chi connectivity index (χ0n) is 20.5. The Hall–Kier alpha value is -3.22. The van der Waals surface area contributed by atoms with Crippen molar-refractivity contribution < 1.29 is 32.2 Å². The third kappa shape index (κ3) is 5.30. The lowest BCUT2D eigenvalue weighted by atomic mass is 9.93. The highest BCUT2D eigenvalue weighted by molar-refractivity contribution is 5.68. The Kier molecular flexibility index (Phi) is 7.21. The summed E-state index contributed by atoms with van der Waals surface area (Å²) in [5.74, 6) is 4.65. The summed E-state index contributed by atoms with van der Waals surface area (Å²) in [4.78, 5) is 16.2. The van der Waals surface area contributed by atoms with E-state index in [-0.39, 0.29) is 18.2 Å². The van der Waals surface area contributed by atoms with Crippen molar-refractivity contribution in [1.29, 1.82) is 0 Å². The van der Waals surface area contributed by atoms with Gasteiger partial charge >= 0.3 is 12.3 Å². The molecule has 2 aromatic carbocycles. The molecule has 2 heterocycles. The van der Waals surface area contributed by atoms with Gasteiger partial charge in [-0.1, -0.05) is 48.4 Å². The average molecular weight is 503 g/mol. The lowest BCUT2D eigenvalue weighted by Crippen LogP contribution is -2.54. The van der Waals surface area contributed by atoms with Crippen molar-refractivity contribution in [2.24, 2.45) is 0 Å². The number of anilines is 1. The van der Waals surface area contributed by atoms with Crippen LogP contribution >= 0.6 is 0 Å². The number of alkyl halides is 3. The van der Waals surface area contributed by atoms with Crippen molar-refractivity contribution in [2.75, 3.05) is 31.1 Å². The predicted molar refractivity (Wildman–Crippen MR) is 128 cm³/mol. The minimum absolute atomic E-state index is 0.0226. The standard InChI is InChI=1S/C27H29F3N2O4/c1-4-8-23-17-31(24(33)34-18-20-9-6-5-7-10-20)15-16-32(23)22-13-11-21(12-14-22)26(27(28,29)30)19-35-25(2,3)36-26/h5-7,9-14,23H,15-19H2,1-3H3/t23-,26-/m0/s1. The van der Waals surface area contributed by atoms with Gasteiger partial charge in [0.2, 0.25) is 5.60 Å². The third-order valence-electron chi connectivity index (χ3n) is 6.32. The first kappa shape index (κ1) is 25.9. The first-order valence-corrected chi connectivity index (χ1v) is 11.7. The molecule has 2 atom stereocenters. The highest BCUT2D eigenvalue weighted by Gasteiger charge is 2.63. The van der Waals surface area contributed by atoms with Crippen molar-refractivity contribution in [2.45, 2.75) is 51.0 Å². The number of ether oxygens (including phenoxy) is 3. The number of hydrogen-bond acceptors (Lipinski definition) is 5. The Balaban J connectivity index is 1.47. The topological polar surface area (TPSA) is 51.2 Å². The summed E-state index contributed by atoms with van der Waals surface area (Å²) >= 11 is 0. The zero-order valence-corrected chi connectivity index (χ0v) is 20.5. The van der Waals surface area contributed by atoms with Gasteiger partial charge in [-0.15, -0.1) is 5.92 Å². The molecule has 0 N–H and O–H groups in total. The second-order valence-corrected chi connectivity index (χ2v) is 9.25. The summed E-state index contributed by atoms with van der Waals surface area (Å²) in [6.07, 6.45) is -5.07. The van der Waals surface area contributed by atoms with E-state index in [1.165, 1.54) is 26.0 Å². The fourth-order valence-electron chi connectivity index (χ4n) is 4.48. The smallest absolute Gasteiger partial charge is 0.424 e. The summed E-state index contributed by atoms with van der Waals surface area (Å²) in [5.41, 5.74) is -0.949. The molecule has 2 saturated heterocycles. The van der Waals surface area contributed by atoms with Crippen LogP contribution in [0.2, 0.25) is 0 Å². The van der Waals surface area contributed by atoms with E-state index in [9.17, 15) is 18.0 Å². The van der Waals surface area contributed by atoms with Gasteiger partial charge in [0.25, 0.3) is 0 Å². The minimum atomic E-state index is -4.65. The number of piperazine rings is 1. The maximum atomic E-state index is 14.1. The second-order valence-electron chi connectivity index (χ2n) is 9.25. The van der Waals surface area contributed by atoms with Crippen LogP contribution < -0.4 is 4.90 Å². The Morgan fingerprint density at radius 2 is 1.81 bits per heavy atom. The van der Waals surface area contributed by atoms with Crippen LogP contribution in [-0.2, 0) is 26.4 Å². The molecule has 0 saturated carbocycles. The summed E-state index contributed by atoms with van der Waals surface area (Å²) < 4.78 is 58.3. The Labute approximate surface area is 208 Å². The van der Waals surface area contributed by atoms with Gasteiger partial charge in [-0.25, -0.2) is 4.79 Å². The van der Waals surface area contributed by atoms with Gasteiger partial charge < -0.3 is 24.0 Å². The second kappa shape index (κ2) is 10.0. The normalized spacial score (nSPS) is 23.7. The molecule has 2 aliphatic rings. The summed E-state index contributed by atoms with van der Waals surface area (Å²) in [7, 11) is 0. The van der Waals surface area contributed by atoms with E-state index in [4.69, 9.17) is 14.2 Å². The molecule has 0 aromatic heterocycles. The van der Waals surface area contributed by atoms with Crippen LogP contribution in [0, 0.1) is 11.8 Å². The SMILES string of the molecule is CC#C[C@H]1CN(C(=O)OCc2ccccc2)CCN1c1ccc([C@]2(C(F)(F)F)COC(C)(C)O2)cc1. The van der Waals surface area contributed by atoms with Gasteiger partial charge in [0.15, 0.2) is 5.79 Å². The first-order chi connectivity index (χ1) is 17.0. The van der Waals surface area contributed by atoms with Crippen molar-refractivity contribution in [3.8, 4) is 11.8 Å². The number of rotatable bonds is 4. The number of amides is 1. The van der Waals surface area contributed by atoms with Crippen LogP contribution in [0.4, 0.5) is 23.7 Å². The van der Waals surface area contributed by atoms with E-state index in [0.717, 1.165) is 5.56 Å². The van der Waals surface area contributed by atoms with Crippen LogP contribution in [0.1, 0.15) is 31.9 Å². The quantitative estimate of drug-likeness (QED) is 0.546. The van der Waals surface area contributed by atoms with Gasteiger partial charge in [0.05, 0.1) is 13.2 Å². The molecule has 0 radical (unpaired) electrons. The van der Waals surface area contributed by atoms with Gasteiger partial charge in [-0.05, 0) is 44.0 Å². The van der Waals surface area contributed by atoms with Crippen LogP contribution in [-0.4, -0.2) is 55.2 Å². The molecule has 9 heteroatoms. The van der Waals surface area contributed by atoms with Crippen molar-refractivity contribution in [3.05, 3.63) is 65.7 Å². The Morgan fingerprint density at radius 1 is 1.11 bits per heavy atom. The summed E-state index contributed by atoms with van der Waals surface area (Å²) in [5, 5.41) is 0. The predicted octanol–water partition coefficient (Wildman–Crippen LogP) is 5.08. The maximum Gasteiger partial charge on any atom is 0.424 e. The maximum absolute atomic E-state index is 14.1. The Bertz CT molecular complexity index is 1130. The van der Waals surface area contributed by atoms with Crippen LogP contribution in [0.15, 0.2) is 54.6 Å². The molecule has 0 spiro atoms. The van der Waals surface area contributed by atoms with Gasteiger partial charge in [0.1, 0.15) is 12.6 Å². The molecular weight excluding hydrogens is 473 g/mol. The number of nitrogens with zero attached hydrogens (tertiary/aromatic N) is 2. The molecular formula is C27H29F3N2O4. The largest absolute Gasteiger partial charge is 0.445 e. The number of hydrogen-bond donors (Lipinski definition) is 0. The monoisotopic (exact) mass is 502 g/mol. The molecule has 0 bridgehead atoms. The Morgan fingerprint density at radius 3 is 2.39 bits per heavy atom. The van der Waals surface area contributed by atoms with E-state index in [1.807, 2.05) is 35.2 Å². The summed E-state index contributed by atoms with van der Waals surface area (Å²) in [6, 6.07) is 15.2. The lowest BCUT2D eigenvalue weighted by Gasteiger charge is -2.40. The molecule has 0 unspecified atom stereocenters. The van der Waals surface area contributed by atoms with Gasteiger partial charge in [-0.3, -0.25) is 0 Å². The van der Waals surface area contributed by atoms with E-state index in [1.54, 1.807) is 24.0 Å². The highest BCUT2D eigenvalue weighted by atomic mass is 19.4. The molecule has 1 amide bonds. The molecule has 36 heavy (non-hydrogen) atoms. The highest BCUT2D eigenvalue weighted by Crippen LogP contribution is 2.49. The van der Waals surface area contributed by atoms with E-state index in [0.29, 0.717) is 25.3 Å². The summed E-state index contributed by atoms with van der Waals surface area (Å²) in [6.45, 7) is 5.37. The van der Waals surface area contributed by atoms with Crippen molar-refractivity contribution in [3.63, 3.8) is 0 Å². The average Bonchev–Trinajstić information content (AvgIpc) is 3.20. The van der Waals surface area contributed by atoms with E-state index >= 15 is 0 Å². The molecule has 6 nitrogen and oxygen atoms in total. The molecule has 2 fully saturated rings. The number of benzene rings is 2. The molecule has 2 aromatic rings. The van der Waals surface area contributed by atoms with Crippen molar-refractivity contribution in [1.82, 2.24) is 4.90 Å².